The Labute approximate surface area is 104 Å². The largest absolute Gasteiger partial charge is 0.383 e. The maximum absolute atomic E-state index is 8.91. The minimum atomic E-state index is 0.403. The van der Waals surface area contributed by atoms with E-state index in [9.17, 15) is 0 Å². The second kappa shape index (κ2) is 4.48. The number of nitrogens with two attached hydrogens (primary N) is 1. The maximum atomic E-state index is 8.91. The molecule has 0 aliphatic rings. The highest BCUT2D eigenvalue weighted by atomic mass is 35.5. The summed E-state index contributed by atoms with van der Waals surface area (Å²) in [6.45, 7) is 2.30. The maximum Gasteiger partial charge on any atom is 0.140 e. The summed E-state index contributed by atoms with van der Waals surface area (Å²) in [5.74, 6) is 0.403. The Bertz CT molecular complexity index is 578. The molecule has 0 saturated heterocycles. The van der Waals surface area contributed by atoms with Gasteiger partial charge in [0.25, 0.3) is 0 Å². The van der Waals surface area contributed by atoms with Crippen LogP contribution >= 0.6 is 11.6 Å². The first kappa shape index (κ1) is 11.5. The molecule has 0 aliphatic heterocycles. The predicted octanol–water partition coefficient (Wildman–Crippen LogP) is 2.35. The average molecular weight is 247 g/mol. The molecule has 1 aromatic heterocycles. The van der Waals surface area contributed by atoms with Crippen molar-refractivity contribution < 1.29 is 0 Å². The molecule has 1 aromatic carbocycles. The van der Waals surface area contributed by atoms with E-state index in [1.54, 1.807) is 11.6 Å². The van der Waals surface area contributed by atoms with E-state index >= 15 is 0 Å². The van der Waals surface area contributed by atoms with E-state index in [0.29, 0.717) is 28.6 Å². The number of halogens is 1. The van der Waals surface area contributed by atoms with Crippen molar-refractivity contribution >= 4 is 17.4 Å². The van der Waals surface area contributed by atoms with Crippen molar-refractivity contribution in [3.8, 4) is 6.07 Å². The van der Waals surface area contributed by atoms with Gasteiger partial charge in [-0.1, -0.05) is 23.7 Å². The lowest BCUT2D eigenvalue weighted by Gasteiger charge is -2.04. The number of nitrogens with zero attached hydrogens (tertiary/aromatic N) is 3. The number of hydrogen-bond donors (Lipinski definition) is 1. The van der Waals surface area contributed by atoms with E-state index in [2.05, 4.69) is 5.10 Å². The van der Waals surface area contributed by atoms with Crippen molar-refractivity contribution in [3.63, 3.8) is 0 Å². The van der Waals surface area contributed by atoms with E-state index in [1.165, 1.54) is 0 Å². The Balaban J connectivity index is 2.31. The van der Waals surface area contributed by atoms with Crippen LogP contribution in [0.25, 0.3) is 0 Å². The first-order valence-electron chi connectivity index (χ1n) is 5.09. The van der Waals surface area contributed by atoms with Crippen LogP contribution in [0.3, 0.4) is 0 Å². The third-order valence-electron chi connectivity index (χ3n) is 2.52. The van der Waals surface area contributed by atoms with Crippen molar-refractivity contribution in [2.75, 3.05) is 5.73 Å². The molecule has 17 heavy (non-hydrogen) atoms. The molecule has 2 N–H and O–H groups in total. The predicted molar refractivity (Wildman–Crippen MR) is 66.6 cm³/mol. The summed E-state index contributed by atoms with van der Waals surface area (Å²) >= 11 is 5.81. The molecule has 2 rings (SSSR count). The van der Waals surface area contributed by atoms with Crippen LogP contribution in [0.5, 0.6) is 0 Å². The van der Waals surface area contributed by atoms with Crippen molar-refractivity contribution in [1.29, 1.82) is 5.26 Å². The number of aromatic nitrogens is 2. The SMILES string of the molecule is Cc1nn(Cc2ccc(Cl)cc2)c(N)c1C#N. The van der Waals surface area contributed by atoms with Crippen molar-refractivity contribution in [2.45, 2.75) is 13.5 Å². The summed E-state index contributed by atoms with van der Waals surface area (Å²) in [6, 6.07) is 9.49. The van der Waals surface area contributed by atoms with Gasteiger partial charge < -0.3 is 5.73 Å². The van der Waals surface area contributed by atoms with Gasteiger partial charge in [-0.2, -0.15) is 10.4 Å². The van der Waals surface area contributed by atoms with Crippen molar-refractivity contribution in [2.24, 2.45) is 0 Å². The molecule has 2 aromatic rings. The first-order valence-corrected chi connectivity index (χ1v) is 5.47. The summed E-state index contributed by atoms with van der Waals surface area (Å²) in [6.07, 6.45) is 0. The van der Waals surface area contributed by atoms with Gasteiger partial charge >= 0.3 is 0 Å². The standard InChI is InChI=1S/C12H11ClN4/c1-8-11(6-14)12(15)17(16-8)7-9-2-4-10(13)5-3-9/h2-5H,7,15H2,1H3. The highest BCUT2D eigenvalue weighted by Gasteiger charge is 2.11. The fourth-order valence-electron chi connectivity index (χ4n) is 1.62. The van der Waals surface area contributed by atoms with Crippen LogP contribution in [-0.4, -0.2) is 9.78 Å². The van der Waals surface area contributed by atoms with Crippen LogP contribution in [0, 0.1) is 18.3 Å². The van der Waals surface area contributed by atoms with E-state index in [-0.39, 0.29) is 0 Å². The summed E-state index contributed by atoms with van der Waals surface area (Å²) in [5, 5.41) is 13.8. The van der Waals surface area contributed by atoms with Gasteiger partial charge in [0.2, 0.25) is 0 Å². The molecule has 1 heterocycles. The van der Waals surface area contributed by atoms with Crippen LogP contribution in [0.15, 0.2) is 24.3 Å². The van der Waals surface area contributed by atoms with Crippen LogP contribution < -0.4 is 5.73 Å². The molecule has 0 spiro atoms. The highest BCUT2D eigenvalue weighted by molar-refractivity contribution is 6.30. The van der Waals surface area contributed by atoms with E-state index in [4.69, 9.17) is 22.6 Å². The van der Waals surface area contributed by atoms with Gasteiger partial charge in [-0.05, 0) is 24.6 Å². The summed E-state index contributed by atoms with van der Waals surface area (Å²) in [4.78, 5) is 0. The van der Waals surface area contributed by atoms with Gasteiger partial charge in [0.1, 0.15) is 17.5 Å². The quantitative estimate of drug-likeness (QED) is 0.884. The average Bonchev–Trinajstić information content (AvgIpc) is 2.57. The first-order chi connectivity index (χ1) is 8.11. The summed E-state index contributed by atoms with van der Waals surface area (Å²) in [5.41, 5.74) is 7.97. The Morgan fingerprint density at radius 1 is 1.41 bits per heavy atom. The Kier molecular flexibility index (Phi) is 3.03. The molecule has 5 heteroatoms. The number of benzene rings is 1. The highest BCUT2D eigenvalue weighted by Crippen LogP contribution is 2.17. The Morgan fingerprint density at radius 3 is 2.59 bits per heavy atom. The second-order valence-corrected chi connectivity index (χ2v) is 4.18. The van der Waals surface area contributed by atoms with E-state index < -0.39 is 0 Å². The second-order valence-electron chi connectivity index (χ2n) is 3.74. The number of anilines is 1. The molecule has 0 bridgehead atoms. The van der Waals surface area contributed by atoms with Gasteiger partial charge in [-0.25, -0.2) is 4.68 Å². The summed E-state index contributed by atoms with van der Waals surface area (Å²) < 4.78 is 1.62. The molecule has 0 radical (unpaired) electrons. The number of aryl methyl sites for hydroxylation is 1. The molecule has 0 aliphatic carbocycles. The van der Waals surface area contributed by atoms with Crippen molar-refractivity contribution in [1.82, 2.24) is 9.78 Å². The fraction of sp³-hybridized carbons (Fsp3) is 0.167. The third-order valence-corrected chi connectivity index (χ3v) is 2.78. The lowest BCUT2D eigenvalue weighted by atomic mass is 10.2. The fourth-order valence-corrected chi connectivity index (χ4v) is 1.75. The van der Waals surface area contributed by atoms with Crippen LogP contribution in [0.4, 0.5) is 5.82 Å². The van der Waals surface area contributed by atoms with Gasteiger partial charge in [0, 0.05) is 5.02 Å². The molecule has 0 saturated carbocycles. The molecule has 0 amide bonds. The number of nitriles is 1. The minimum Gasteiger partial charge on any atom is -0.383 e. The Morgan fingerprint density at radius 2 is 2.06 bits per heavy atom. The lowest BCUT2D eigenvalue weighted by Crippen LogP contribution is -2.06. The van der Waals surface area contributed by atoms with Crippen LogP contribution in [-0.2, 0) is 6.54 Å². The summed E-state index contributed by atoms with van der Waals surface area (Å²) in [7, 11) is 0. The number of hydrogen-bond acceptors (Lipinski definition) is 3. The zero-order valence-electron chi connectivity index (χ0n) is 9.31. The number of rotatable bonds is 2. The molecular weight excluding hydrogens is 236 g/mol. The van der Waals surface area contributed by atoms with Gasteiger partial charge in [-0.3, -0.25) is 0 Å². The zero-order chi connectivity index (χ0) is 12.4. The zero-order valence-corrected chi connectivity index (χ0v) is 10.1. The van der Waals surface area contributed by atoms with Crippen LogP contribution in [0.1, 0.15) is 16.8 Å². The third kappa shape index (κ3) is 2.24. The molecule has 0 unspecified atom stereocenters. The van der Waals surface area contributed by atoms with Gasteiger partial charge in [0.15, 0.2) is 0 Å². The molecular formula is C12H11ClN4. The van der Waals surface area contributed by atoms with Gasteiger partial charge in [0.05, 0.1) is 12.2 Å². The molecule has 4 nitrogen and oxygen atoms in total. The molecule has 86 valence electrons. The van der Waals surface area contributed by atoms with E-state index in [1.807, 2.05) is 30.3 Å². The minimum absolute atomic E-state index is 0.403. The van der Waals surface area contributed by atoms with Crippen molar-refractivity contribution in [3.05, 3.63) is 46.1 Å². The topological polar surface area (TPSA) is 67.6 Å². The molecule has 0 fully saturated rings. The smallest absolute Gasteiger partial charge is 0.140 e. The Hall–Kier alpha value is -1.99. The lowest BCUT2D eigenvalue weighted by molar-refractivity contribution is 0.689. The van der Waals surface area contributed by atoms with Crippen LogP contribution in [0.2, 0.25) is 5.02 Å². The van der Waals surface area contributed by atoms with E-state index in [0.717, 1.165) is 5.56 Å². The monoisotopic (exact) mass is 246 g/mol. The van der Waals surface area contributed by atoms with Gasteiger partial charge in [-0.15, -0.1) is 0 Å². The number of nitrogen functional groups attached to an aromatic ring is 1. The normalized spacial score (nSPS) is 10.2. The molecule has 0 atom stereocenters.